The van der Waals surface area contributed by atoms with E-state index in [4.69, 9.17) is 22.4 Å². The number of halogens is 1. The quantitative estimate of drug-likeness (QED) is 0.507. The zero-order valence-corrected chi connectivity index (χ0v) is 18.3. The minimum Gasteiger partial charge on any atom is -0.478 e. The molecule has 0 saturated heterocycles. The summed E-state index contributed by atoms with van der Waals surface area (Å²) in [4.78, 5) is 24.7. The fraction of sp³-hybridized carbons (Fsp3) is 0.200. The normalized spacial score (nSPS) is 14.8. The van der Waals surface area contributed by atoms with E-state index in [0.717, 1.165) is 45.9 Å². The lowest BCUT2D eigenvalue weighted by molar-refractivity contribution is -0.117. The lowest BCUT2D eigenvalue weighted by atomic mass is 9.93. The number of carboxylic acid groups (broad SMARTS) is 1. The van der Waals surface area contributed by atoms with Crippen molar-refractivity contribution < 1.29 is 14.7 Å². The molecule has 1 aliphatic heterocycles. The second kappa shape index (κ2) is 9.67. The predicted octanol–water partition coefficient (Wildman–Crippen LogP) is 5.66. The number of amides is 1. The van der Waals surface area contributed by atoms with Crippen molar-refractivity contribution in [2.45, 2.75) is 32.7 Å². The third-order valence-corrected chi connectivity index (χ3v) is 5.54. The van der Waals surface area contributed by atoms with Crippen LogP contribution in [-0.2, 0) is 11.2 Å². The smallest absolute Gasteiger partial charge is 0.335 e. The Morgan fingerprint density at radius 2 is 1.61 bits per heavy atom. The minimum absolute atomic E-state index is 0.0667. The van der Waals surface area contributed by atoms with Gasteiger partial charge in [-0.25, -0.2) is 4.79 Å². The van der Waals surface area contributed by atoms with Crippen LogP contribution in [0.15, 0.2) is 66.7 Å². The Hall–Kier alpha value is -3.31. The van der Waals surface area contributed by atoms with Crippen LogP contribution in [0.25, 0.3) is 11.1 Å². The number of hydrogen-bond acceptors (Lipinski definition) is 3. The second-order valence-corrected chi connectivity index (χ2v) is 7.99. The highest BCUT2D eigenvalue weighted by Crippen LogP contribution is 2.34. The molecule has 1 amide bonds. The van der Waals surface area contributed by atoms with Gasteiger partial charge < -0.3 is 15.7 Å². The molecule has 3 aromatic rings. The Balaban J connectivity index is 0.000000287. The van der Waals surface area contributed by atoms with Gasteiger partial charge in [0.25, 0.3) is 0 Å². The molecule has 4 rings (SSSR count). The zero-order chi connectivity index (χ0) is 22.5. The van der Waals surface area contributed by atoms with Crippen LogP contribution in [0.2, 0.25) is 5.02 Å². The van der Waals surface area contributed by atoms with Gasteiger partial charge in [-0.1, -0.05) is 29.8 Å². The number of carboxylic acids is 1. The first-order valence-corrected chi connectivity index (χ1v) is 10.4. The van der Waals surface area contributed by atoms with Gasteiger partial charge in [0, 0.05) is 29.4 Å². The molecule has 0 aromatic heterocycles. The molecule has 1 heterocycles. The molecule has 1 atom stereocenters. The number of benzene rings is 3. The summed E-state index contributed by atoms with van der Waals surface area (Å²) in [5.41, 5.74) is 10.6. The van der Waals surface area contributed by atoms with Crippen molar-refractivity contribution in [2.24, 2.45) is 0 Å². The molecule has 6 heteroatoms. The highest BCUT2D eigenvalue weighted by molar-refractivity contribution is 6.30. The monoisotopic (exact) mass is 436 g/mol. The molecule has 0 fully saturated rings. The Kier molecular flexibility index (Phi) is 6.98. The lowest BCUT2D eigenvalue weighted by Crippen LogP contribution is -2.40. The van der Waals surface area contributed by atoms with Crippen LogP contribution in [0.4, 0.5) is 11.4 Å². The van der Waals surface area contributed by atoms with E-state index in [-0.39, 0.29) is 17.5 Å². The molecule has 31 heavy (non-hydrogen) atoms. The summed E-state index contributed by atoms with van der Waals surface area (Å²) in [7, 11) is 0. The SMILES string of the molecule is CC(=O)N1c2ccc(-c3ccc(C(=O)O)cc3)cc2CCC1C.Nc1ccc(Cl)cc1. The van der Waals surface area contributed by atoms with Crippen LogP contribution < -0.4 is 10.6 Å². The molecule has 0 aliphatic carbocycles. The topological polar surface area (TPSA) is 83.6 Å². The van der Waals surface area contributed by atoms with E-state index >= 15 is 0 Å². The van der Waals surface area contributed by atoms with Crippen LogP contribution in [0, 0.1) is 0 Å². The highest BCUT2D eigenvalue weighted by Gasteiger charge is 2.26. The van der Waals surface area contributed by atoms with Crippen molar-refractivity contribution in [1.29, 1.82) is 0 Å². The van der Waals surface area contributed by atoms with E-state index in [1.807, 2.05) is 29.2 Å². The number of anilines is 2. The summed E-state index contributed by atoms with van der Waals surface area (Å²) in [6.45, 7) is 3.67. The maximum absolute atomic E-state index is 11.9. The summed E-state index contributed by atoms with van der Waals surface area (Å²) in [6, 6.07) is 20.2. The van der Waals surface area contributed by atoms with Crippen molar-refractivity contribution >= 4 is 34.9 Å². The van der Waals surface area contributed by atoms with Crippen molar-refractivity contribution in [1.82, 2.24) is 0 Å². The average Bonchev–Trinajstić information content (AvgIpc) is 2.75. The maximum Gasteiger partial charge on any atom is 0.335 e. The molecular weight excluding hydrogens is 412 g/mol. The Morgan fingerprint density at radius 3 is 2.16 bits per heavy atom. The molecule has 5 nitrogen and oxygen atoms in total. The predicted molar refractivity (Wildman–Crippen MR) is 126 cm³/mol. The van der Waals surface area contributed by atoms with Crippen molar-refractivity contribution in [3.05, 3.63) is 82.9 Å². The van der Waals surface area contributed by atoms with E-state index in [2.05, 4.69) is 13.0 Å². The summed E-state index contributed by atoms with van der Waals surface area (Å²) < 4.78 is 0. The van der Waals surface area contributed by atoms with E-state index in [1.165, 1.54) is 0 Å². The van der Waals surface area contributed by atoms with Gasteiger partial charge in [-0.3, -0.25) is 4.79 Å². The molecule has 0 spiro atoms. The van der Waals surface area contributed by atoms with Gasteiger partial charge in [0.1, 0.15) is 0 Å². The Morgan fingerprint density at radius 1 is 1.00 bits per heavy atom. The first kappa shape index (κ1) is 22.4. The molecular formula is C25H25ClN2O3. The van der Waals surface area contributed by atoms with Crippen LogP contribution in [0.5, 0.6) is 0 Å². The van der Waals surface area contributed by atoms with Gasteiger partial charge in [0.2, 0.25) is 5.91 Å². The first-order chi connectivity index (χ1) is 14.8. The van der Waals surface area contributed by atoms with E-state index in [1.54, 1.807) is 43.3 Å². The lowest BCUT2D eigenvalue weighted by Gasteiger charge is -2.34. The average molecular weight is 437 g/mol. The van der Waals surface area contributed by atoms with Crippen LogP contribution in [0.3, 0.4) is 0 Å². The standard InChI is InChI=1S/C19H19NO3.C6H6ClN/c1-12-3-4-17-11-16(9-10-18(17)20(12)13(2)21)14-5-7-15(8-6-14)19(22)23;7-5-1-3-6(8)4-2-5/h5-12H,3-4H2,1-2H3,(H,22,23);1-4H,8H2. The van der Waals surface area contributed by atoms with Crippen LogP contribution in [-0.4, -0.2) is 23.0 Å². The van der Waals surface area contributed by atoms with Crippen molar-refractivity contribution in [3.8, 4) is 11.1 Å². The number of hydrogen-bond donors (Lipinski definition) is 2. The largest absolute Gasteiger partial charge is 0.478 e. The number of aromatic carboxylic acids is 1. The number of carbonyl (C=O) groups excluding carboxylic acids is 1. The van der Waals surface area contributed by atoms with Crippen molar-refractivity contribution in [3.63, 3.8) is 0 Å². The van der Waals surface area contributed by atoms with E-state index < -0.39 is 5.97 Å². The third-order valence-electron chi connectivity index (χ3n) is 5.29. The minimum atomic E-state index is -0.923. The Bertz CT molecular complexity index is 1060. The highest BCUT2D eigenvalue weighted by atomic mass is 35.5. The van der Waals surface area contributed by atoms with Gasteiger partial charge in [-0.15, -0.1) is 0 Å². The second-order valence-electron chi connectivity index (χ2n) is 7.55. The van der Waals surface area contributed by atoms with Gasteiger partial charge in [-0.2, -0.15) is 0 Å². The van der Waals surface area contributed by atoms with Crippen LogP contribution in [0.1, 0.15) is 36.2 Å². The number of fused-ring (bicyclic) bond motifs is 1. The molecule has 1 aliphatic rings. The molecule has 1 unspecified atom stereocenters. The molecule has 0 bridgehead atoms. The third kappa shape index (κ3) is 5.44. The number of nitrogens with zero attached hydrogens (tertiary/aromatic N) is 1. The number of rotatable bonds is 2. The molecule has 0 radical (unpaired) electrons. The number of aryl methyl sites for hydroxylation is 1. The fourth-order valence-electron chi connectivity index (χ4n) is 3.68. The van der Waals surface area contributed by atoms with Gasteiger partial charge >= 0.3 is 5.97 Å². The summed E-state index contributed by atoms with van der Waals surface area (Å²) >= 11 is 5.56. The molecule has 3 aromatic carbocycles. The van der Waals surface area contributed by atoms with Gasteiger partial charge in [-0.05, 0) is 85.0 Å². The molecule has 0 saturated carbocycles. The van der Waals surface area contributed by atoms with E-state index in [9.17, 15) is 9.59 Å². The first-order valence-electron chi connectivity index (χ1n) is 10.0. The number of nitrogen functional groups attached to an aromatic ring is 1. The summed E-state index contributed by atoms with van der Waals surface area (Å²) in [5.74, 6) is -0.856. The van der Waals surface area contributed by atoms with Gasteiger partial charge in [0.05, 0.1) is 5.56 Å². The number of nitrogens with two attached hydrogens (primary N) is 1. The fourth-order valence-corrected chi connectivity index (χ4v) is 3.81. The zero-order valence-electron chi connectivity index (χ0n) is 17.5. The van der Waals surface area contributed by atoms with Gasteiger partial charge in [0.15, 0.2) is 0 Å². The summed E-state index contributed by atoms with van der Waals surface area (Å²) in [5, 5.41) is 9.69. The summed E-state index contributed by atoms with van der Waals surface area (Å²) in [6.07, 6.45) is 1.90. The van der Waals surface area contributed by atoms with E-state index in [0.29, 0.717) is 0 Å². The maximum atomic E-state index is 11.9. The number of carbonyl (C=O) groups is 2. The molecule has 3 N–H and O–H groups in total. The Labute approximate surface area is 187 Å². The van der Waals surface area contributed by atoms with Crippen molar-refractivity contribution in [2.75, 3.05) is 10.6 Å². The van der Waals surface area contributed by atoms with Crippen LogP contribution >= 0.6 is 11.6 Å². The molecule has 160 valence electrons.